The Bertz CT molecular complexity index is 632. The number of benzene rings is 2. The van der Waals surface area contributed by atoms with E-state index >= 15 is 0 Å². The molecule has 1 amide bonds. The van der Waals surface area contributed by atoms with Crippen molar-refractivity contribution in [3.63, 3.8) is 0 Å². The van der Waals surface area contributed by atoms with E-state index in [1.54, 1.807) is 42.5 Å². The second-order valence-corrected chi connectivity index (χ2v) is 5.06. The Kier molecular flexibility index (Phi) is 5.12. The number of halogens is 3. The summed E-state index contributed by atoms with van der Waals surface area (Å²) in [6, 6.07) is 11.9. The molecule has 104 valence electrons. The van der Waals surface area contributed by atoms with Gasteiger partial charge in [0, 0.05) is 0 Å². The molecule has 0 saturated carbocycles. The summed E-state index contributed by atoms with van der Waals surface area (Å²) in [6.45, 7) is -0.189. The summed E-state index contributed by atoms with van der Waals surface area (Å²) < 4.78 is 5.32. The lowest BCUT2D eigenvalue weighted by molar-refractivity contribution is -0.118. The maximum atomic E-state index is 11.8. The number of amides is 1. The van der Waals surface area contributed by atoms with Crippen LogP contribution in [0.4, 0.5) is 5.69 Å². The van der Waals surface area contributed by atoms with Gasteiger partial charge in [0.25, 0.3) is 5.91 Å². The van der Waals surface area contributed by atoms with Gasteiger partial charge in [0.15, 0.2) is 6.61 Å². The van der Waals surface area contributed by atoms with Crippen molar-refractivity contribution >= 4 is 46.4 Å². The van der Waals surface area contributed by atoms with Gasteiger partial charge in [-0.2, -0.15) is 0 Å². The zero-order chi connectivity index (χ0) is 14.5. The third-order valence-corrected chi connectivity index (χ3v) is 3.55. The third-order valence-electron chi connectivity index (χ3n) is 2.42. The fourth-order valence-electron chi connectivity index (χ4n) is 1.49. The Labute approximate surface area is 131 Å². The standard InChI is InChI=1S/C14H10Cl3NO2/c15-9-4-1-2-6-11(9)18-13(19)8-20-12-7-3-5-10(16)14(12)17/h1-7H,8H2,(H,18,19). The van der Waals surface area contributed by atoms with E-state index in [1.165, 1.54) is 0 Å². The zero-order valence-corrected chi connectivity index (χ0v) is 12.5. The first kappa shape index (κ1) is 15.0. The lowest BCUT2D eigenvalue weighted by Gasteiger charge is -2.10. The number of para-hydroxylation sites is 1. The minimum atomic E-state index is -0.339. The molecular formula is C14H10Cl3NO2. The highest BCUT2D eigenvalue weighted by Crippen LogP contribution is 2.31. The van der Waals surface area contributed by atoms with Crippen LogP contribution in [0.15, 0.2) is 42.5 Å². The van der Waals surface area contributed by atoms with Crippen molar-refractivity contribution in [3.05, 3.63) is 57.5 Å². The summed E-state index contributed by atoms with van der Waals surface area (Å²) in [7, 11) is 0. The number of hydrogen-bond acceptors (Lipinski definition) is 2. The fraction of sp³-hybridized carbons (Fsp3) is 0.0714. The molecule has 20 heavy (non-hydrogen) atoms. The van der Waals surface area contributed by atoms with Gasteiger partial charge in [-0.25, -0.2) is 0 Å². The van der Waals surface area contributed by atoms with E-state index in [9.17, 15) is 4.79 Å². The van der Waals surface area contributed by atoms with Gasteiger partial charge in [-0.15, -0.1) is 0 Å². The molecule has 2 rings (SSSR count). The molecule has 0 aliphatic carbocycles. The van der Waals surface area contributed by atoms with Crippen LogP contribution in [0.1, 0.15) is 0 Å². The first-order valence-corrected chi connectivity index (χ1v) is 6.82. The third kappa shape index (κ3) is 3.79. The Morgan fingerprint density at radius 3 is 2.45 bits per heavy atom. The van der Waals surface area contributed by atoms with Gasteiger partial charge in [0.1, 0.15) is 10.8 Å². The number of carbonyl (C=O) groups excluding carboxylic acids is 1. The minimum absolute atomic E-state index is 0.189. The molecule has 0 heterocycles. The van der Waals surface area contributed by atoms with E-state index in [2.05, 4.69) is 5.32 Å². The normalized spacial score (nSPS) is 10.2. The molecule has 3 nitrogen and oxygen atoms in total. The second-order valence-electron chi connectivity index (χ2n) is 3.87. The summed E-state index contributed by atoms with van der Waals surface area (Å²) >= 11 is 17.7. The van der Waals surface area contributed by atoms with E-state index in [1.807, 2.05) is 0 Å². The summed E-state index contributed by atoms with van der Waals surface area (Å²) in [5.41, 5.74) is 0.528. The molecule has 2 aromatic rings. The van der Waals surface area contributed by atoms with Crippen molar-refractivity contribution in [1.82, 2.24) is 0 Å². The highest BCUT2D eigenvalue weighted by atomic mass is 35.5. The second kappa shape index (κ2) is 6.84. The number of anilines is 1. The monoisotopic (exact) mass is 329 g/mol. The van der Waals surface area contributed by atoms with E-state index in [-0.39, 0.29) is 17.5 Å². The molecule has 0 fully saturated rings. The maximum Gasteiger partial charge on any atom is 0.262 e. The van der Waals surface area contributed by atoms with Crippen molar-refractivity contribution in [1.29, 1.82) is 0 Å². The Morgan fingerprint density at radius 1 is 1.00 bits per heavy atom. The van der Waals surface area contributed by atoms with Crippen LogP contribution in [0.25, 0.3) is 0 Å². The number of carbonyl (C=O) groups is 1. The van der Waals surface area contributed by atoms with Crippen LogP contribution in [0.2, 0.25) is 15.1 Å². The average Bonchev–Trinajstić information content (AvgIpc) is 2.43. The fourth-order valence-corrected chi connectivity index (χ4v) is 2.02. The van der Waals surface area contributed by atoms with Gasteiger partial charge in [-0.05, 0) is 24.3 Å². The molecule has 0 atom stereocenters. The van der Waals surface area contributed by atoms with E-state index in [4.69, 9.17) is 39.5 Å². The van der Waals surface area contributed by atoms with Gasteiger partial charge >= 0.3 is 0 Å². The lowest BCUT2D eigenvalue weighted by Crippen LogP contribution is -2.20. The molecule has 0 aromatic heterocycles. The molecular weight excluding hydrogens is 321 g/mol. The number of hydrogen-bond donors (Lipinski definition) is 1. The summed E-state index contributed by atoms with van der Waals surface area (Å²) in [5, 5.41) is 3.75. The molecule has 0 aliphatic rings. The first-order valence-electron chi connectivity index (χ1n) is 5.69. The highest BCUT2D eigenvalue weighted by Gasteiger charge is 2.09. The zero-order valence-electron chi connectivity index (χ0n) is 10.2. The van der Waals surface area contributed by atoms with Gasteiger partial charge in [0.2, 0.25) is 0 Å². The van der Waals surface area contributed by atoms with Crippen molar-refractivity contribution in [2.75, 3.05) is 11.9 Å². The van der Waals surface area contributed by atoms with Crippen LogP contribution in [0.3, 0.4) is 0 Å². The number of nitrogens with one attached hydrogen (secondary N) is 1. The predicted molar refractivity (Wildman–Crippen MR) is 82.0 cm³/mol. The molecule has 2 aromatic carbocycles. The topological polar surface area (TPSA) is 38.3 Å². The maximum absolute atomic E-state index is 11.8. The van der Waals surface area contributed by atoms with E-state index in [0.717, 1.165) is 0 Å². The largest absolute Gasteiger partial charge is 0.482 e. The first-order chi connectivity index (χ1) is 9.58. The van der Waals surface area contributed by atoms with Crippen LogP contribution in [0.5, 0.6) is 5.75 Å². The van der Waals surface area contributed by atoms with Crippen LogP contribution in [-0.2, 0) is 4.79 Å². The molecule has 0 spiro atoms. The Morgan fingerprint density at radius 2 is 1.70 bits per heavy atom. The number of rotatable bonds is 4. The molecule has 6 heteroatoms. The molecule has 0 radical (unpaired) electrons. The van der Waals surface area contributed by atoms with Crippen LogP contribution in [-0.4, -0.2) is 12.5 Å². The SMILES string of the molecule is O=C(COc1cccc(Cl)c1Cl)Nc1ccccc1Cl. The Hall–Kier alpha value is -1.42. The predicted octanol–water partition coefficient (Wildman–Crippen LogP) is 4.66. The minimum Gasteiger partial charge on any atom is -0.482 e. The van der Waals surface area contributed by atoms with E-state index < -0.39 is 0 Å². The van der Waals surface area contributed by atoms with Gasteiger partial charge in [0.05, 0.1) is 15.7 Å². The molecule has 0 bridgehead atoms. The molecule has 0 aliphatic heterocycles. The van der Waals surface area contributed by atoms with Crippen LogP contribution in [0, 0.1) is 0 Å². The smallest absolute Gasteiger partial charge is 0.262 e. The summed E-state index contributed by atoms with van der Waals surface area (Å²) in [6.07, 6.45) is 0. The molecule has 0 unspecified atom stereocenters. The van der Waals surface area contributed by atoms with E-state index in [0.29, 0.717) is 21.5 Å². The highest BCUT2D eigenvalue weighted by molar-refractivity contribution is 6.42. The van der Waals surface area contributed by atoms with Crippen molar-refractivity contribution < 1.29 is 9.53 Å². The molecule has 1 N–H and O–H groups in total. The number of ether oxygens (including phenoxy) is 1. The van der Waals surface area contributed by atoms with Crippen molar-refractivity contribution in [2.24, 2.45) is 0 Å². The lowest BCUT2D eigenvalue weighted by atomic mass is 10.3. The van der Waals surface area contributed by atoms with Crippen LogP contribution < -0.4 is 10.1 Å². The summed E-state index contributed by atoms with van der Waals surface area (Å²) in [4.78, 5) is 11.8. The Balaban J connectivity index is 1.96. The molecule has 0 saturated heterocycles. The van der Waals surface area contributed by atoms with Gasteiger partial charge < -0.3 is 10.1 Å². The van der Waals surface area contributed by atoms with Crippen molar-refractivity contribution in [2.45, 2.75) is 0 Å². The van der Waals surface area contributed by atoms with Gasteiger partial charge in [-0.1, -0.05) is 53.0 Å². The van der Waals surface area contributed by atoms with Gasteiger partial charge in [-0.3, -0.25) is 4.79 Å². The van der Waals surface area contributed by atoms with Crippen molar-refractivity contribution in [3.8, 4) is 5.75 Å². The summed E-state index contributed by atoms with van der Waals surface area (Å²) in [5.74, 6) is 0.0163. The van der Waals surface area contributed by atoms with Crippen LogP contribution >= 0.6 is 34.8 Å². The quantitative estimate of drug-likeness (QED) is 0.885. The average molecular weight is 331 g/mol.